The molecular weight excluding hydrogens is 330 g/mol. The second-order valence-corrected chi connectivity index (χ2v) is 5.94. The van der Waals surface area contributed by atoms with Crippen LogP contribution in [0.25, 0.3) is 0 Å². The Morgan fingerprint density at radius 1 is 1.24 bits per heavy atom. The molecule has 5 atom stereocenters. The van der Waals surface area contributed by atoms with E-state index < -0.39 is 43.2 Å². The summed E-state index contributed by atoms with van der Waals surface area (Å²) >= 11 is 0. The highest BCUT2D eigenvalue weighted by Gasteiger charge is 2.50. The summed E-state index contributed by atoms with van der Waals surface area (Å²) in [6.07, 6.45) is -4.25. The van der Waals surface area contributed by atoms with Crippen molar-refractivity contribution in [2.75, 3.05) is 6.61 Å². The van der Waals surface area contributed by atoms with E-state index in [0.29, 0.717) is 0 Å². The molecule has 1 unspecified atom stereocenters. The van der Waals surface area contributed by atoms with Crippen LogP contribution in [0.3, 0.4) is 0 Å². The molecule has 1 aromatic rings. The van der Waals surface area contributed by atoms with E-state index >= 15 is 0 Å². The maximum atomic E-state index is 11.6. The SMILES string of the molecule is CC(=O)[NH2+]C1[C@H](OCc2ccccc2)O[C@H](CO)[C@@H](O)[C@@H]1OC(C)=O. The van der Waals surface area contributed by atoms with Gasteiger partial charge in [0.15, 0.2) is 12.1 Å². The maximum absolute atomic E-state index is 11.6. The number of carbonyl (C=O) groups is 2. The molecule has 138 valence electrons. The molecule has 1 amide bonds. The van der Waals surface area contributed by atoms with Gasteiger partial charge in [-0.05, 0) is 5.56 Å². The van der Waals surface area contributed by atoms with Gasteiger partial charge in [0.2, 0.25) is 6.29 Å². The first-order valence-corrected chi connectivity index (χ1v) is 8.05. The molecule has 8 heteroatoms. The average Bonchev–Trinajstić information content (AvgIpc) is 2.57. The van der Waals surface area contributed by atoms with Gasteiger partial charge in [0.1, 0.15) is 12.2 Å². The van der Waals surface area contributed by atoms with Crippen molar-refractivity contribution in [3.63, 3.8) is 0 Å². The monoisotopic (exact) mass is 354 g/mol. The van der Waals surface area contributed by atoms with Crippen molar-refractivity contribution < 1.29 is 39.3 Å². The van der Waals surface area contributed by atoms with Gasteiger partial charge in [-0.3, -0.25) is 10.1 Å². The Balaban J connectivity index is 2.19. The normalized spacial score (nSPS) is 29.2. The number of quaternary nitrogens is 1. The number of nitrogens with two attached hydrogens (primary N) is 1. The minimum atomic E-state index is -1.27. The Morgan fingerprint density at radius 2 is 1.92 bits per heavy atom. The highest BCUT2D eigenvalue weighted by molar-refractivity contribution is 5.66. The second-order valence-electron chi connectivity index (χ2n) is 5.94. The van der Waals surface area contributed by atoms with E-state index in [9.17, 15) is 19.8 Å². The quantitative estimate of drug-likeness (QED) is 0.543. The number of aliphatic hydroxyl groups is 2. The molecule has 1 aromatic carbocycles. The number of hydrogen-bond acceptors (Lipinski definition) is 7. The molecule has 1 fully saturated rings. The van der Waals surface area contributed by atoms with Crippen LogP contribution in [-0.2, 0) is 30.4 Å². The molecule has 0 aromatic heterocycles. The molecule has 1 heterocycles. The Hall–Kier alpha value is -1.84. The van der Waals surface area contributed by atoms with Crippen molar-refractivity contribution in [3.05, 3.63) is 35.9 Å². The van der Waals surface area contributed by atoms with Crippen LogP contribution >= 0.6 is 0 Å². The van der Waals surface area contributed by atoms with Crippen LogP contribution in [0.15, 0.2) is 30.3 Å². The van der Waals surface area contributed by atoms with Crippen LogP contribution in [0.4, 0.5) is 0 Å². The number of rotatable bonds is 6. The first-order valence-electron chi connectivity index (χ1n) is 8.05. The van der Waals surface area contributed by atoms with E-state index in [-0.39, 0.29) is 12.5 Å². The predicted octanol–water partition coefficient (Wildman–Crippen LogP) is -1.31. The molecule has 0 aliphatic carbocycles. The number of amides is 1. The van der Waals surface area contributed by atoms with E-state index in [0.717, 1.165) is 5.56 Å². The lowest BCUT2D eigenvalue weighted by Crippen LogP contribution is -2.99. The molecule has 2 rings (SSSR count). The lowest BCUT2D eigenvalue weighted by Gasteiger charge is -2.41. The van der Waals surface area contributed by atoms with Gasteiger partial charge < -0.3 is 24.4 Å². The summed E-state index contributed by atoms with van der Waals surface area (Å²) in [7, 11) is 0. The van der Waals surface area contributed by atoms with Gasteiger partial charge in [0, 0.05) is 6.92 Å². The smallest absolute Gasteiger partial charge is 0.307 e. The summed E-state index contributed by atoms with van der Waals surface area (Å²) < 4.78 is 16.5. The summed E-state index contributed by atoms with van der Waals surface area (Å²) in [5, 5.41) is 21.0. The summed E-state index contributed by atoms with van der Waals surface area (Å²) in [6.45, 7) is 2.29. The average molecular weight is 354 g/mol. The van der Waals surface area contributed by atoms with Crippen molar-refractivity contribution in [2.24, 2.45) is 0 Å². The van der Waals surface area contributed by atoms with Crippen molar-refractivity contribution in [3.8, 4) is 0 Å². The number of esters is 1. The molecule has 0 radical (unpaired) electrons. The van der Waals surface area contributed by atoms with Gasteiger partial charge in [0.25, 0.3) is 0 Å². The lowest BCUT2D eigenvalue weighted by atomic mass is 9.96. The van der Waals surface area contributed by atoms with Crippen molar-refractivity contribution in [2.45, 2.75) is 51.1 Å². The summed E-state index contributed by atoms with van der Waals surface area (Å²) in [4.78, 5) is 23.0. The predicted molar refractivity (Wildman–Crippen MR) is 84.9 cm³/mol. The summed E-state index contributed by atoms with van der Waals surface area (Å²) in [5.41, 5.74) is 0.892. The molecule has 25 heavy (non-hydrogen) atoms. The Bertz CT molecular complexity index is 580. The number of benzene rings is 1. The van der Waals surface area contributed by atoms with E-state index in [1.807, 2.05) is 30.3 Å². The Kier molecular flexibility index (Phi) is 7.03. The zero-order chi connectivity index (χ0) is 18.4. The van der Waals surface area contributed by atoms with E-state index in [1.165, 1.54) is 19.2 Å². The third-order valence-electron chi connectivity index (χ3n) is 3.89. The summed E-state index contributed by atoms with van der Waals surface area (Å²) in [6, 6.07) is 8.55. The number of ether oxygens (including phenoxy) is 3. The fourth-order valence-electron chi connectivity index (χ4n) is 2.78. The standard InChI is InChI=1S/C17H23NO7/c1-10(20)18-14-16(24-11(2)21)15(22)13(8-19)25-17(14)23-9-12-6-4-3-5-7-12/h3-7,13-17,19,22H,8-9H2,1-2H3,(H,18,20)/p+1/t13-,14?,15-,16-,17-/m1/s1. The van der Waals surface area contributed by atoms with E-state index in [4.69, 9.17) is 14.2 Å². The number of carbonyl (C=O) groups excluding carboxylic acids is 2. The van der Waals surface area contributed by atoms with Gasteiger partial charge in [-0.15, -0.1) is 0 Å². The van der Waals surface area contributed by atoms with Gasteiger partial charge in [0.05, 0.1) is 20.1 Å². The molecule has 0 spiro atoms. The second kappa shape index (κ2) is 9.02. The molecule has 1 aliphatic heterocycles. The molecular formula is C17H24NO7+. The van der Waals surface area contributed by atoms with Crippen LogP contribution in [0.5, 0.6) is 0 Å². The van der Waals surface area contributed by atoms with Gasteiger partial charge in [-0.2, -0.15) is 0 Å². The molecule has 1 aliphatic rings. The van der Waals surface area contributed by atoms with E-state index in [1.54, 1.807) is 0 Å². The highest BCUT2D eigenvalue weighted by atomic mass is 16.7. The van der Waals surface area contributed by atoms with Crippen molar-refractivity contribution >= 4 is 11.9 Å². The largest absolute Gasteiger partial charge is 0.453 e. The summed E-state index contributed by atoms with van der Waals surface area (Å²) in [5.74, 6) is -0.875. The first-order chi connectivity index (χ1) is 11.9. The van der Waals surface area contributed by atoms with Crippen molar-refractivity contribution in [1.82, 2.24) is 0 Å². The van der Waals surface area contributed by atoms with Crippen LogP contribution in [-0.4, -0.2) is 59.3 Å². The van der Waals surface area contributed by atoms with Gasteiger partial charge >= 0.3 is 11.9 Å². The van der Waals surface area contributed by atoms with Crippen LogP contribution < -0.4 is 5.32 Å². The topological polar surface area (TPSA) is 119 Å². The molecule has 0 saturated carbocycles. The Morgan fingerprint density at radius 3 is 2.48 bits per heavy atom. The maximum Gasteiger partial charge on any atom is 0.307 e. The first kappa shape index (κ1) is 19.5. The molecule has 1 saturated heterocycles. The molecule has 0 bridgehead atoms. The number of primary amides is 1. The zero-order valence-corrected chi connectivity index (χ0v) is 14.2. The number of aliphatic hydroxyl groups excluding tert-OH is 2. The lowest BCUT2D eigenvalue weighted by molar-refractivity contribution is -0.643. The molecule has 4 N–H and O–H groups in total. The van der Waals surface area contributed by atoms with Crippen LogP contribution in [0.2, 0.25) is 0 Å². The fourth-order valence-corrected chi connectivity index (χ4v) is 2.78. The fraction of sp³-hybridized carbons (Fsp3) is 0.529. The third kappa shape index (κ3) is 5.32. The Labute approximate surface area is 145 Å². The number of hydrogen-bond donors (Lipinski definition) is 3. The van der Waals surface area contributed by atoms with E-state index in [2.05, 4.69) is 0 Å². The molecule has 8 nitrogen and oxygen atoms in total. The van der Waals surface area contributed by atoms with Gasteiger partial charge in [-0.1, -0.05) is 30.3 Å². The third-order valence-corrected chi connectivity index (χ3v) is 3.89. The zero-order valence-electron chi connectivity index (χ0n) is 14.2. The minimum absolute atomic E-state index is 0.203. The minimum Gasteiger partial charge on any atom is -0.453 e. The van der Waals surface area contributed by atoms with Gasteiger partial charge in [-0.25, -0.2) is 4.79 Å². The van der Waals surface area contributed by atoms with Crippen LogP contribution in [0, 0.1) is 0 Å². The van der Waals surface area contributed by atoms with Crippen LogP contribution in [0.1, 0.15) is 19.4 Å². The highest BCUT2D eigenvalue weighted by Crippen LogP contribution is 2.23. The van der Waals surface area contributed by atoms with Crippen molar-refractivity contribution in [1.29, 1.82) is 0 Å².